The van der Waals surface area contributed by atoms with E-state index in [4.69, 9.17) is 5.11 Å². The third-order valence-corrected chi connectivity index (χ3v) is 3.32. The fourth-order valence-corrected chi connectivity index (χ4v) is 2.41. The Labute approximate surface area is 97.9 Å². The van der Waals surface area contributed by atoms with E-state index in [-0.39, 0.29) is 0 Å². The maximum atomic E-state index is 8.70. The molecule has 2 rings (SSSR count). The van der Waals surface area contributed by atoms with Crippen molar-refractivity contribution in [2.45, 2.75) is 32.1 Å². The molecule has 1 aromatic carbocycles. The lowest BCUT2D eigenvalue weighted by molar-refractivity contribution is 0.282. The van der Waals surface area contributed by atoms with Crippen molar-refractivity contribution in [3.63, 3.8) is 0 Å². The molecule has 0 radical (unpaired) electrons. The average molecular weight is 219 g/mol. The predicted molar refractivity (Wildman–Crippen MR) is 67.9 cm³/mol. The van der Waals surface area contributed by atoms with Crippen LogP contribution in [-0.4, -0.2) is 24.8 Å². The Bertz CT molecular complexity index is 324. The Hall–Kier alpha value is -1.02. The van der Waals surface area contributed by atoms with Crippen LogP contribution in [0.1, 0.15) is 31.2 Å². The molecule has 1 aromatic rings. The van der Waals surface area contributed by atoms with Crippen molar-refractivity contribution in [1.29, 1.82) is 0 Å². The highest BCUT2D eigenvalue weighted by Crippen LogP contribution is 2.27. The van der Waals surface area contributed by atoms with E-state index >= 15 is 0 Å². The summed E-state index contributed by atoms with van der Waals surface area (Å²) in [5.74, 6) is 0. The van der Waals surface area contributed by atoms with Crippen LogP contribution in [0.5, 0.6) is 0 Å². The van der Waals surface area contributed by atoms with Gasteiger partial charge in [0.2, 0.25) is 0 Å². The number of para-hydroxylation sites is 1. The Balaban J connectivity index is 1.76. The Morgan fingerprint density at radius 1 is 1.06 bits per heavy atom. The Morgan fingerprint density at radius 3 is 2.75 bits per heavy atom. The quantitative estimate of drug-likeness (QED) is 0.743. The van der Waals surface area contributed by atoms with Crippen LogP contribution in [0.3, 0.4) is 0 Å². The van der Waals surface area contributed by atoms with Gasteiger partial charge in [-0.3, -0.25) is 0 Å². The average Bonchev–Trinajstić information content (AvgIpc) is 2.73. The fraction of sp³-hybridized carbons (Fsp3) is 0.571. The molecule has 1 aliphatic heterocycles. The van der Waals surface area contributed by atoms with Crippen LogP contribution in [0.15, 0.2) is 24.3 Å². The minimum absolute atomic E-state index is 0.340. The Kier molecular flexibility index (Phi) is 4.23. The molecule has 0 amide bonds. The minimum atomic E-state index is 0.340. The van der Waals surface area contributed by atoms with E-state index in [0.717, 1.165) is 12.8 Å². The van der Waals surface area contributed by atoms with Crippen molar-refractivity contribution < 1.29 is 5.11 Å². The number of unbranched alkanes of at least 4 members (excludes halogenated alkanes) is 3. The highest BCUT2D eigenvalue weighted by Gasteiger charge is 2.16. The van der Waals surface area contributed by atoms with Gasteiger partial charge in [0.25, 0.3) is 0 Å². The molecule has 0 spiro atoms. The van der Waals surface area contributed by atoms with Crippen molar-refractivity contribution in [3.05, 3.63) is 29.8 Å². The number of aliphatic hydroxyl groups excluding tert-OH is 1. The van der Waals surface area contributed by atoms with Crippen LogP contribution in [0.2, 0.25) is 0 Å². The standard InChI is InChI=1S/C14H21NO/c16-12-6-2-1-5-10-15-11-9-13-7-3-4-8-14(13)15/h3-4,7-8,16H,1-2,5-6,9-12H2. The SMILES string of the molecule is OCCCCCCN1CCc2ccccc21. The first-order chi connectivity index (χ1) is 7.92. The van der Waals surface area contributed by atoms with Crippen LogP contribution < -0.4 is 4.90 Å². The third-order valence-electron chi connectivity index (χ3n) is 3.32. The first-order valence-electron chi connectivity index (χ1n) is 6.35. The molecule has 88 valence electrons. The molecular formula is C14H21NO. The molecule has 1 heterocycles. The van der Waals surface area contributed by atoms with Gasteiger partial charge in [-0.25, -0.2) is 0 Å². The van der Waals surface area contributed by atoms with E-state index in [1.165, 1.54) is 43.6 Å². The topological polar surface area (TPSA) is 23.5 Å². The van der Waals surface area contributed by atoms with Crippen molar-refractivity contribution in [3.8, 4) is 0 Å². The molecule has 0 bridgehead atoms. The zero-order chi connectivity index (χ0) is 11.2. The zero-order valence-corrected chi connectivity index (χ0v) is 9.86. The number of nitrogens with zero attached hydrogens (tertiary/aromatic N) is 1. The van der Waals surface area contributed by atoms with Crippen molar-refractivity contribution in [2.24, 2.45) is 0 Å². The summed E-state index contributed by atoms with van der Waals surface area (Å²) < 4.78 is 0. The van der Waals surface area contributed by atoms with Crippen molar-refractivity contribution in [1.82, 2.24) is 0 Å². The number of hydrogen-bond donors (Lipinski definition) is 1. The molecule has 0 aliphatic carbocycles. The number of benzene rings is 1. The first-order valence-corrected chi connectivity index (χ1v) is 6.35. The maximum absolute atomic E-state index is 8.70. The molecule has 0 unspecified atom stereocenters. The summed E-state index contributed by atoms with van der Waals surface area (Å²) in [6.45, 7) is 2.69. The van der Waals surface area contributed by atoms with E-state index in [2.05, 4.69) is 29.2 Å². The molecule has 0 fully saturated rings. The molecule has 16 heavy (non-hydrogen) atoms. The Morgan fingerprint density at radius 2 is 1.88 bits per heavy atom. The highest BCUT2D eigenvalue weighted by molar-refractivity contribution is 5.57. The second-order valence-corrected chi connectivity index (χ2v) is 4.50. The van der Waals surface area contributed by atoms with Crippen LogP contribution in [0, 0.1) is 0 Å². The number of rotatable bonds is 6. The van der Waals surface area contributed by atoms with E-state index in [0.29, 0.717) is 6.61 Å². The zero-order valence-electron chi connectivity index (χ0n) is 9.86. The first kappa shape index (κ1) is 11.5. The van der Waals surface area contributed by atoms with E-state index in [9.17, 15) is 0 Å². The lowest BCUT2D eigenvalue weighted by Crippen LogP contribution is -2.21. The number of anilines is 1. The fourth-order valence-electron chi connectivity index (χ4n) is 2.41. The molecule has 0 saturated carbocycles. The van der Waals surface area contributed by atoms with E-state index < -0.39 is 0 Å². The predicted octanol–water partition coefficient (Wildman–Crippen LogP) is 2.60. The highest BCUT2D eigenvalue weighted by atomic mass is 16.2. The molecule has 0 atom stereocenters. The third kappa shape index (κ3) is 2.76. The summed E-state index contributed by atoms with van der Waals surface area (Å²) in [6.07, 6.45) is 5.79. The normalized spacial score (nSPS) is 14.2. The number of fused-ring (bicyclic) bond motifs is 1. The van der Waals surface area contributed by atoms with Crippen LogP contribution in [0.25, 0.3) is 0 Å². The molecule has 1 N–H and O–H groups in total. The molecule has 1 aliphatic rings. The molecular weight excluding hydrogens is 198 g/mol. The summed E-state index contributed by atoms with van der Waals surface area (Å²) in [4.78, 5) is 2.49. The minimum Gasteiger partial charge on any atom is -0.396 e. The number of hydrogen-bond acceptors (Lipinski definition) is 2. The maximum Gasteiger partial charge on any atom is 0.0431 e. The molecule has 2 heteroatoms. The van der Waals surface area contributed by atoms with Gasteiger partial charge in [0.05, 0.1) is 0 Å². The van der Waals surface area contributed by atoms with Crippen molar-refractivity contribution in [2.75, 3.05) is 24.6 Å². The van der Waals surface area contributed by atoms with E-state index in [1.807, 2.05) is 0 Å². The lowest BCUT2D eigenvalue weighted by atomic mass is 10.1. The van der Waals surface area contributed by atoms with Crippen LogP contribution >= 0.6 is 0 Å². The summed E-state index contributed by atoms with van der Waals surface area (Å²) in [6, 6.07) is 8.73. The van der Waals surface area contributed by atoms with Gasteiger partial charge >= 0.3 is 0 Å². The summed E-state index contributed by atoms with van der Waals surface area (Å²) in [5.41, 5.74) is 2.93. The van der Waals surface area contributed by atoms with Gasteiger partial charge in [0, 0.05) is 25.4 Å². The second kappa shape index (κ2) is 5.90. The van der Waals surface area contributed by atoms with Gasteiger partial charge < -0.3 is 10.0 Å². The number of aliphatic hydroxyl groups is 1. The second-order valence-electron chi connectivity index (χ2n) is 4.50. The lowest BCUT2D eigenvalue weighted by Gasteiger charge is -2.19. The molecule has 0 aromatic heterocycles. The largest absolute Gasteiger partial charge is 0.396 e. The summed E-state index contributed by atoms with van der Waals surface area (Å²) in [5, 5.41) is 8.70. The monoisotopic (exact) mass is 219 g/mol. The molecule has 2 nitrogen and oxygen atoms in total. The van der Waals surface area contributed by atoms with E-state index in [1.54, 1.807) is 0 Å². The molecule has 0 saturated heterocycles. The van der Waals surface area contributed by atoms with Crippen LogP contribution in [0.4, 0.5) is 5.69 Å². The van der Waals surface area contributed by atoms with Crippen molar-refractivity contribution >= 4 is 5.69 Å². The van der Waals surface area contributed by atoms with Crippen LogP contribution in [-0.2, 0) is 6.42 Å². The van der Waals surface area contributed by atoms with Gasteiger partial charge in [-0.2, -0.15) is 0 Å². The van der Waals surface area contributed by atoms with Gasteiger partial charge in [-0.15, -0.1) is 0 Å². The van der Waals surface area contributed by atoms with Gasteiger partial charge in [0.1, 0.15) is 0 Å². The van der Waals surface area contributed by atoms with Gasteiger partial charge in [-0.05, 0) is 30.9 Å². The summed E-state index contributed by atoms with van der Waals surface area (Å²) >= 11 is 0. The van der Waals surface area contributed by atoms with Gasteiger partial charge in [0.15, 0.2) is 0 Å². The smallest absolute Gasteiger partial charge is 0.0431 e. The summed E-state index contributed by atoms with van der Waals surface area (Å²) in [7, 11) is 0. The van der Waals surface area contributed by atoms with Gasteiger partial charge in [-0.1, -0.05) is 31.0 Å².